The summed E-state index contributed by atoms with van der Waals surface area (Å²) in [4.78, 5) is 14.7. The molecule has 0 unspecified atom stereocenters. The van der Waals surface area contributed by atoms with Crippen LogP contribution in [0.2, 0.25) is 0 Å². The van der Waals surface area contributed by atoms with Crippen molar-refractivity contribution in [2.45, 2.75) is 25.9 Å². The van der Waals surface area contributed by atoms with E-state index in [4.69, 9.17) is 0 Å². The highest BCUT2D eigenvalue weighted by Gasteiger charge is 2.33. The molecule has 0 saturated heterocycles. The zero-order valence-electron chi connectivity index (χ0n) is 14.7. The van der Waals surface area contributed by atoms with Gasteiger partial charge in [0.25, 0.3) is 0 Å². The number of carbonyl (C=O) groups is 1. The van der Waals surface area contributed by atoms with E-state index in [0.717, 1.165) is 34.0 Å². The minimum Gasteiger partial charge on any atom is -0.308 e. The van der Waals surface area contributed by atoms with Crippen LogP contribution in [0.1, 0.15) is 18.1 Å². The Labute approximate surface area is 162 Å². The molecule has 0 fully saturated rings. The molecule has 2 aromatic rings. The highest BCUT2D eigenvalue weighted by molar-refractivity contribution is 9.10. The summed E-state index contributed by atoms with van der Waals surface area (Å²) in [6.07, 6.45) is 1.90. The molecule has 1 amide bonds. The number of carbonyl (C=O) groups excluding carboxylic acids is 1. The first kappa shape index (κ1) is 19.1. The van der Waals surface area contributed by atoms with Crippen LogP contribution in [0.3, 0.4) is 0 Å². The van der Waals surface area contributed by atoms with Crippen molar-refractivity contribution in [2.75, 3.05) is 17.7 Å². The summed E-state index contributed by atoms with van der Waals surface area (Å²) in [5.74, 6) is -0.208. The summed E-state index contributed by atoms with van der Waals surface area (Å²) >= 11 is 3.45. The van der Waals surface area contributed by atoms with E-state index in [-0.39, 0.29) is 25.0 Å². The Kier molecular flexibility index (Phi) is 5.50. The van der Waals surface area contributed by atoms with Crippen LogP contribution in [0.4, 0.5) is 5.69 Å². The molecule has 0 aromatic heterocycles. The van der Waals surface area contributed by atoms with E-state index >= 15 is 0 Å². The Morgan fingerprint density at radius 1 is 1.23 bits per heavy atom. The highest BCUT2D eigenvalue weighted by atomic mass is 79.9. The largest absolute Gasteiger partial charge is 0.308 e. The number of halogens is 1. The standard InChI is InChI=1S/C19H21BrN2O3S/c1-14-10-16-11-17(20)8-9-18(16)22(14)19(23)13-21(26(2,24)25)12-15-6-4-3-5-7-15/h3-9,11,14H,10,12-13H2,1-2H3/t14-/m1/s1. The van der Waals surface area contributed by atoms with E-state index in [0.29, 0.717) is 0 Å². The Morgan fingerprint density at radius 3 is 2.58 bits per heavy atom. The second-order valence-corrected chi connectivity index (χ2v) is 9.50. The van der Waals surface area contributed by atoms with Crippen molar-refractivity contribution in [3.8, 4) is 0 Å². The van der Waals surface area contributed by atoms with Crippen LogP contribution in [0.25, 0.3) is 0 Å². The Morgan fingerprint density at radius 2 is 1.92 bits per heavy atom. The lowest BCUT2D eigenvalue weighted by Gasteiger charge is -2.26. The number of nitrogens with zero attached hydrogens (tertiary/aromatic N) is 2. The first-order valence-electron chi connectivity index (χ1n) is 8.35. The van der Waals surface area contributed by atoms with E-state index in [2.05, 4.69) is 15.9 Å². The van der Waals surface area contributed by atoms with Crippen molar-refractivity contribution < 1.29 is 13.2 Å². The van der Waals surface area contributed by atoms with Gasteiger partial charge in [-0.15, -0.1) is 0 Å². The number of hydrogen-bond donors (Lipinski definition) is 0. The fourth-order valence-corrected chi connectivity index (χ4v) is 4.42. The van der Waals surface area contributed by atoms with E-state index in [1.807, 2.05) is 55.5 Å². The molecule has 2 aromatic carbocycles. The molecular formula is C19H21BrN2O3S. The summed E-state index contributed by atoms with van der Waals surface area (Å²) in [6, 6.07) is 15.1. The topological polar surface area (TPSA) is 57.7 Å². The quantitative estimate of drug-likeness (QED) is 0.722. The van der Waals surface area contributed by atoms with Crippen molar-refractivity contribution in [1.82, 2.24) is 4.31 Å². The van der Waals surface area contributed by atoms with Crippen LogP contribution >= 0.6 is 15.9 Å². The van der Waals surface area contributed by atoms with E-state index in [1.54, 1.807) is 4.90 Å². The second kappa shape index (κ2) is 7.50. The van der Waals surface area contributed by atoms with Crippen LogP contribution in [-0.4, -0.2) is 37.5 Å². The predicted molar refractivity (Wildman–Crippen MR) is 106 cm³/mol. The average molecular weight is 437 g/mol. The van der Waals surface area contributed by atoms with Crippen LogP contribution in [-0.2, 0) is 27.8 Å². The molecule has 0 aliphatic carbocycles. The van der Waals surface area contributed by atoms with Crippen molar-refractivity contribution in [3.05, 3.63) is 64.1 Å². The lowest BCUT2D eigenvalue weighted by atomic mass is 10.1. The van der Waals surface area contributed by atoms with Gasteiger partial charge in [0.15, 0.2) is 0 Å². The van der Waals surface area contributed by atoms with E-state index in [9.17, 15) is 13.2 Å². The molecule has 26 heavy (non-hydrogen) atoms. The van der Waals surface area contributed by atoms with Gasteiger partial charge in [0, 0.05) is 22.7 Å². The highest BCUT2D eigenvalue weighted by Crippen LogP contribution is 2.34. The first-order chi connectivity index (χ1) is 12.3. The number of benzene rings is 2. The van der Waals surface area contributed by atoms with Crippen LogP contribution in [0, 0.1) is 0 Å². The fraction of sp³-hybridized carbons (Fsp3) is 0.316. The van der Waals surface area contributed by atoms with Gasteiger partial charge in [-0.05, 0) is 42.7 Å². The molecule has 138 valence electrons. The normalized spacial score (nSPS) is 16.8. The fourth-order valence-electron chi connectivity index (χ4n) is 3.28. The van der Waals surface area contributed by atoms with Crippen LogP contribution in [0.15, 0.2) is 53.0 Å². The minimum absolute atomic E-state index is 0.00457. The summed E-state index contributed by atoms with van der Waals surface area (Å²) < 4.78 is 26.6. The molecule has 0 saturated carbocycles. The third kappa shape index (κ3) is 4.16. The molecule has 7 heteroatoms. The Hall–Kier alpha value is -1.70. The summed E-state index contributed by atoms with van der Waals surface area (Å²) in [6.45, 7) is 1.99. The second-order valence-electron chi connectivity index (χ2n) is 6.61. The van der Waals surface area contributed by atoms with Crippen LogP contribution < -0.4 is 4.90 Å². The molecule has 1 heterocycles. The van der Waals surface area contributed by atoms with Crippen molar-refractivity contribution >= 4 is 37.5 Å². The number of fused-ring (bicyclic) bond motifs is 1. The number of anilines is 1. The summed E-state index contributed by atoms with van der Waals surface area (Å²) in [7, 11) is -3.51. The van der Waals surface area contributed by atoms with Crippen molar-refractivity contribution in [2.24, 2.45) is 0 Å². The average Bonchev–Trinajstić information content (AvgIpc) is 2.89. The molecule has 1 aliphatic heterocycles. The SMILES string of the molecule is C[C@@H]1Cc2cc(Br)ccc2N1C(=O)CN(Cc1ccccc1)S(C)(=O)=O. The van der Waals surface area contributed by atoms with E-state index in [1.165, 1.54) is 4.31 Å². The number of amides is 1. The Bertz CT molecular complexity index is 916. The number of hydrogen-bond acceptors (Lipinski definition) is 3. The lowest BCUT2D eigenvalue weighted by molar-refractivity contribution is -0.119. The van der Waals surface area contributed by atoms with Gasteiger partial charge < -0.3 is 4.90 Å². The van der Waals surface area contributed by atoms with Crippen LogP contribution in [0.5, 0.6) is 0 Å². The summed E-state index contributed by atoms with van der Waals surface area (Å²) in [5.41, 5.74) is 2.80. The molecule has 1 atom stereocenters. The maximum Gasteiger partial charge on any atom is 0.242 e. The van der Waals surface area contributed by atoms with Crippen molar-refractivity contribution in [1.29, 1.82) is 0 Å². The maximum absolute atomic E-state index is 13.0. The molecule has 5 nitrogen and oxygen atoms in total. The molecule has 0 bridgehead atoms. The lowest BCUT2D eigenvalue weighted by Crippen LogP contribution is -2.44. The van der Waals surface area contributed by atoms with Gasteiger partial charge in [0.2, 0.25) is 15.9 Å². The first-order valence-corrected chi connectivity index (χ1v) is 11.0. The minimum atomic E-state index is -3.51. The molecule has 0 spiro atoms. The predicted octanol–water partition coefficient (Wildman–Crippen LogP) is 3.19. The smallest absolute Gasteiger partial charge is 0.242 e. The van der Waals surface area contributed by atoms with Gasteiger partial charge in [-0.1, -0.05) is 46.3 Å². The molecule has 1 aliphatic rings. The number of rotatable bonds is 5. The van der Waals surface area contributed by atoms with Gasteiger partial charge in [-0.2, -0.15) is 4.31 Å². The maximum atomic E-state index is 13.0. The van der Waals surface area contributed by atoms with Crippen molar-refractivity contribution in [3.63, 3.8) is 0 Å². The van der Waals surface area contributed by atoms with Gasteiger partial charge in [0.05, 0.1) is 12.8 Å². The zero-order chi connectivity index (χ0) is 18.9. The third-order valence-electron chi connectivity index (χ3n) is 4.51. The summed E-state index contributed by atoms with van der Waals surface area (Å²) in [5, 5.41) is 0. The van der Waals surface area contributed by atoms with Gasteiger partial charge >= 0.3 is 0 Å². The van der Waals surface area contributed by atoms with Gasteiger partial charge in [-0.3, -0.25) is 4.79 Å². The molecule has 3 rings (SSSR count). The zero-order valence-corrected chi connectivity index (χ0v) is 17.1. The van der Waals surface area contributed by atoms with Gasteiger partial charge in [0.1, 0.15) is 0 Å². The Balaban J connectivity index is 1.83. The van der Waals surface area contributed by atoms with E-state index < -0.39 is 10.0 Å². The third-order valence-corrected chi connectivity index (χ3v) is 6.20. The molecular weight excluding hydrogens is 416 g/mol. The molecule has 0 radical (unpaired) electrons. The molecule has 0 N–H and O–H groups in total. The van der Waals surface area contributed by atoms with Gasteiger partial charge in [-0.25, -0.2) is 8.42 Å². The number of sulfonamides is 1. The monoisotopic (exact) mass is 436 g/mol.